The van der Waals surface area contributed by atoms with Gasteiger partial charge in [-0.15, -0.1) is 0 Å². The SMILES string of the molecule is C=C(C=O)N=C(/C=C\C(C)C)C(=C)C. The molecule has 0 aliphatic heterocycles. The minimum Gasteiger partial charge on any atom is -0.296 e. The maximum atomic E-state index is 10.3. The average Bonchev–Trinajstić information content (AvgIpc) is 2.10. The summed E-state index contributed by atoms with van der Waals surface area (Å²) in [5, 5.41) is 0. The van der Waals surface area contributed by atoms with E-state index in [9.17, 15) is 4.79 Å². The first-order chi connectivity index (χ1) is 6.47. The molecule has 0 bridgehead atoms. The third-order valence-corrected chi connectivity index (χ3v) is 1.48. The Bertz CT molecular complexity index is 295. The molecule has 76 valence electrons. The lowest BCUT2D eigenvalue weighted by Crippen LogP contribution is -1.96. The van der Waals surface area contributed by atoms with Crippen molar-refractivity contribution < 1.29 is 4.79 Å². The van der Waals surface area contributed by atoms with Crippen LogP contribution in [0.4, 0.5) is 0 Å². The van der Waals surface area contributed by atoms with Crippen molar-refractivity contribution >= 4 is 12.0 Å². The molecular formula is C12H17NO. The number of carbonyl (C=O) groups excluding carboxylic acids is 1. The molecule has 0 heterocycles. The number of rotatable bonds is 5. The smallest absolute Gasteiger partial charge is 0.167 e. The zero-order valence-corrected chi connectivity index (χ0v) is 9.08. The number of aliphatic imine (C=N–C) groups is 1. The third kappa shape index (κ3) is 5.25. The van der Waals surface area contributed by atoms with Gasteiger partial charge in [-0.05, 0) is 24.5 Å². The minimum atomic E-state index is 0.219. The maximum Gasteiger partial charge on any atom is 0.167 e. The third-order valence-electron chi connectivity index (χ3n) is 1.48. The lowest BCUT2D eigenvalue weighted by molar-refractivity contribution is -0.104. The van der Waals surface area contributed by atoms with Gasteiger partial charge in [0.15, 0.2) is 6.29 Å². The van der Waals surface area contributed by atoms with Crippen molar-refractivity contribution in [1.29, 1.82) is 0 Å². The number of allylic oxidation sites excluding steroid dienone is 4. The molecule has 0 saturated carbocycles. The van der Waals surface area contributed by atoms with Gasteiger partial charge in [0.25, 0.3) is 0 Å². The summed E-state index contributed by atoms with van der Waals surface area (Å²) in [6, 6.07) is 0. The van der Waals surface area contributed by atoms with E-state index in [0.29, 0.717) is 17.9 Å². The molecule has 0 N–H and O–H groups in total. The summed E-state index contributed by atoms with van der Waals surface area (Å²) >= 11 is 0. The van der Waals surface area contributed by atoms with Gasteiger partial charge < -0.3 is 0 Å². The predicted molar refractivity (Wildman–Crippen MR) is 61.4 cm³/mol. The molecule has 0 saturated heterocycles. The molecule has 0 aliphatic carbocycles. The quantitative estimate of drug-likeness (QED) is 0.373. The van der Waals surface area contributed by atoms with Crippen LogP contribution in [0.1, 0.15) is 20.8 Å². The van der Waals surface area contributed by atoms with E-state index in [1.165, 1.54) is 0 Å². The highest BCUT2D eigenvalue weighted by atomic mass is 16.1. The Morgan fingerprint density at radius 2 is 1.93 bits per heavy atom. The van der Waals surface area contributed by atoms with Gasteiger partial charge in [0.2, 0.25) is 0 Å². The zero-order chi connectivity index (χ0) is 11.1. The molecule has 0 aromatic rings. The predicted octanol–water partition coefficient (Wildman–Crippen LogP) is 2.93. The van der Waals surface area contributed by atoms with E-state index >= 15 is 0 Å². The molecule has 2 nitrogen and oxygen atoms in total. The van der Waals surface area contributed by atoms with Crippen molar-refractivity contribution in [2.45, 2.75) is 20.8 Å². The van der Waals surface area contributed by atoms with Crippen LogP contribution in [0, 0.1) is 5.92 Å². The maximum absolute atomic E-state index is 10.3. The molecule has 0 aromatic heterocycles. The largest absolute Gasteiger partial charge is 0.296 e. The van der Waals surface area contributed by atoms with Crippen LogP contribution in [-0.2, 0) is 4.79 Å². The molecular weight excluding hydrogens is 174 g/mol. The Balaban J connectivity index is 4.78. The van der Waals surface area contributed by atoms with Gasteiger partial charge in [-0.2, -0.15) is 0 Å². The van der Waals surface area contributed by atoms with Gasteiger partial charge in [0.05, 0.1) is 11.4 Å². The highest BCUT2D eigenvalue weighted by molar-refractivity contribution is 6.08. The van der Waals surface area contributed by atoms with Gasteiger partial charge in [-0.25, -0.2) is 4.99 Å². The van der Waals surface area contributed by atoms with E-state index in [4.69, 9.17) is 0 Å². The molecule has 0 rings (SSSR count). The van der Waals surface area contributed by atoms with Crippen molar-refractivity contribution in [2.24, 2.45) is 10.9 Å². The van der Waals surface area contributed by atoms with Crippen molar-refractivity contribution in [3.8, 4) is 0 Å². The number of carbonyl (C=O) groups is 1. The van der Waals surface area contributed by atoms with E-state index in [0.717, 1.165) is 5.57 Å². The lowest BCUT2D eigenvalue weighted by atomic mass is 10.1. The highest BCUT2D eigenvalue weighted by Crippen LogP contribution is 2.02. The van der Waals surface area contributed by atoms with Gasteiger partial charge in [-0.3, -0.25) is 4.79 Å². The second-order valence-corrected chi connectivity index (χ2v) is 3.49. The molecule has 2 heteroatoms. The second kappa shape index (κ2) is 6.08. The first-order valence-electron chi connectivity index (χ1n) is 4.54. The van der Waals surface area contributed by atoms with Gasteiger partial charge >= 0.3 is 0 Å². The average molecular weight is 191 g/mol. The van der Waals surface area contributed by atoms with Crippen molar-refractivity contribution in [3.63, 3.8) is 0 Å². The van der Waals surface area contributed by atoms with E-state index in [2.05, 4.69) is 32.0 Å². The molecule has 0 spiro atoms. The Kier molecular flexibility index (Phi) is 5.46. The summed E-state index contributed by atoms with van der Waals surface area (Å²) in [5.74, 6) is 0.448. The molecule has 0 amide bonds. The monoisotopic (exact) mass is 191 g/mol. The van der Waals surface area contributed by atoms with E-state index in [1.54, 1.807) is 0 Å². The van der Waals surface area contributed by atoms with Crippen LogP contribution >= 0.6 is 0 Å². The summed E-state index contributed by atoms with van der Waals surface area (Å²) < 4.78 is 0. The summed E-state index contributed by atoms with van der Waals surface area (Å²) in [4.78, 5) is 14.4. The number of nitrogens with zero attached hydrogens (tertiary/aromatic N) is 1. The van der Waals surface area contributed by atoms with Crippen LogP contribution in [0.5, 0.6) is 0 Å². The van der Waals surface area contributed by atoms with Gasteiger partial charge in [0, 0.05) is 0 Å². The van der Waals surface area contributed by atoms with Crippen molar-refractivity contribution in [2.75, 3.05) is 0 Å². The minimum absolute atomic E-state index is 0.219. The van der Waals surface area contributed by atoms with Crippen LogP contribution in [0.25, 0.3) is 0 Å². The fourth-order valence-electron chi connectivity index (χ4n) is 0.740. The van der Waals surface area contributed by atoms with Gasteiger partial charge in [0.1, 0.15) is 0 Å². The van der Waals surface area contributed by atoms with Crippen LogP contribution in [-0.4, -0.2) is 12.0 Å². The molecule has 0 aromatic carbocycles. The van der Waals surface area contributed by atoms with Crippen LogP contribution in [0.2, 0.25) is 0 Å². The zero-order valence-electron chi connectivity index (χ0n) is 9.08. The first-order valence-corrected chi connectivity index (χ1v) is 4.54. The standard InChI is InChI=1S/C12H17NO/c1-9(2)6-7-12(10(3)4)13-11(5)8-14/h6-9H,3,5H2,1-2,4H3/b7-6-,13-12?. The molecule has 0 fully saturated rings. The number of hydrogen-bond donors (Lipinski definition) is 0. The fraction of sp³-hybridized carbons (Fsp3) is 0.333. The van der Waals surface area contributed by atoms with Crippen LogP contribution in [0.15, 0.2) is 41.6 Å². The summed E-state index contributed by atoms with van der Waals surface area (Å²) in [7, 11) is 0. The van der Waals surface area contributed by atoms with E-state index in [-0.39, 0.29) is 5.70 Å². The summed E-state index contributed by atoms with van der Waals surface area (Å²) in [6.07, 6.45) is 4.50. The Morgan fingerprint density at radius 3 is 2.29 bits per heavy atom. The molecule has 0 radical (unpaired) electrons. The van der Waals surface area contributed by atoms with E-state index in [1.807, 2.05) is 19.1 Å². The molecule has 14 heavy (non-hydrogen) atoms. The van der Waals surface area contributed by atoms with Crippen molar-refractivity contribution in [1.82, 2.24) is 0 Å². The second-order valence-electron chi connectivity index (χ2n) is 3.49. The lowest BCUT2D eigenvalue weighted by Gasteiger charge is -2.00. The fourth-order valence-corrected chi connectivity index (χ4v) is 0.740. The Hall–Kier alpha value is -1.44. The first kappa shape index (κ1) is 12.6. The number of aldehydes is 1. The molecule has 0 atom stereocenters. The van der Waals surface area contributed by atoms with Crippen LogP contribution < -0.4 is 0 Å². The normalized spacial score (nSPS) is 12.1. The summed E-state index contributed by atoms with van der Waals surface area (Å²) in [6.45, 7) is 13.3. The molecule has 0 aliphatic rings. The van der Waals surface area contributed by atoms with Crippen molar-refractivity contribution in [3.05, 3.63) is 36.6 Å². The number of hydrogen-bond acceptors (Lipinski definition) is 2. The van der Waals surface area contributed by atoms with Crippen LogP contribution in [0.3, 0.4) is 0 Å². The highest BCUT2D eigenvalue weighted by Gasteiger charge is 1.96. The molecule has 0 unspecified atom stereocenters. The topological polar surface area (TPSA) is 29.4 Å². The van der Waals surface area contributed by atoms with Gasteiger partial charge in [-0.1, -0.05) is 33.1 Å². The van der Waals surface area contributed by atoms with E-state index < -0.39 is 0 Å². The Morgan fingerprint density at radius 1 is 1.36 bits per heavy atom. The Labute approximate surface area is 85.7 Å². The summed E-state index contributed by atoms with van der Waals surface area (Å²) in [5.41, 5.74) is 1.75.